The van der Waals surface area contributed by atoms with Crippen LogP contribution < -0.4 is 5.73 Å². The third-order valence-corrected chi connectivity index (χ3v) is 3.22. The third-order valence-electron chi connectivity index (χ3n) is 3.22. The molecule has 14 heavy (non-hydrogen) atoms. The Morgan fingerprint density at radius 1 is 1.36 bits per heavy atom. The second kappa shape index (κ2) is 6.18. The molecule has 0 spiro atoms. The third kappa shape index (κ3) is 4.23. The first kappa shape index (κ1) is 11.7. The molecule has 2 nitrogen and oxygen atoms in total. The minimum absolute atomic E-state index is 0.367. The van der Waals surface area contributed by atoms with E-state index in [9.17, 15) is 4.79 Å². The van der Waals surface area contributed by atoms with Crippen LogP contribution >= 0.6 is 0 Å². The second-order valence-corrected chi connectivity index (χ2v) is 4.79. The lowest BCUT2D eigenvalue weighted by molar-refractivity contribution is -0.120. The van der Waals surface area contributed by atoms with Crippen molar-refractivity contribution in [2.45, 2.75) is 51.9 Å². The van der Waals surface area contributed by atoms with Crippen LogP contribution in [0.15, 0.2) is 0 Å². The molecule has 0 aliphatic heterocycles. The van der Waals surface area contributed by atoms with E-state index in [4.69, 9.17) is 5.73 Å². The zero-order valence-corrected chi connectivity index (χ0v) is 9.30. The van der Waals surface area contributed by atoms with Gasteiger partial charge in [-0.15, -0.1) is 0 Å². The summed E-state index contributed by atoms with van der Waals surface area (Å²) in [6.45, 7) is 2.69. The molecule has 0 saturated heterocycles. The van der Waals surface area contributed by atoms with Gasteiger partial charge in [-0.25, -0.2) is 0 Å². The maximum absolute atomic E-state index is 11.6. The first-order chi connectivity index (χ1) is 6.72. The summed E-state index contributed by atoms with van der Waals surface area (Å²) in [5.74, 6) is 1.47. The number of hydrogen-bond donors (Lipinski definition) is 1. The van der Waals surface area contributed by atoms with Crippen LogP contribution in [-0.2, 0) is 4.79 Å². The number of Topliss-reactive ketones (excluding diaryl/α,β-unsaturated/α-hetero) is 1. The van der Waals surface area contributed by atoms with Gasteiger partial charge in [0, 0.05) is 12.8 Å². The van der Waals surface area contributed by atoms with Gasteiger partial charge < -0.3 is 5.73 Å². The Balaban J connectivity index is 2.18. The van der Waals surface area contributed by atoms with E-state index in [1.165, 1.54) is 32.1 Å². The summed E-state index contributed by atoms with van der Waals surface area (Å²) < 4.78 is 0. The molecule has 1 aliphatic carbocycles. The van der Waals surface area contributed by atoms with E-state index in [2.05, 4.69) is 6.92 Å². The van der Waals surface area contributed by atoms with Gasteiger partial charge in [0.25, 0.3) is 0 Å². The van der Waals surface area contributed by atoms with Crippen LogP contribution in [0.1, 0.15) is 51.9 Å². The highest BCUT2D eigenvalue weighted by Gasteiger charge is 2.17. The monoisotopic (exact) mass is 197 g/mol. The molecule has 0 aromatic rings. The van der Waals surface area contributed by atoms with Crippen molar-refractivity contribution in [3.05, 3.63) is 0 Å². The highest BCUT2D eigenvalue weighted by molar-refractivity contribution is 5.78. The number of carbonyl (C=O) groups is 1. The molecule has 0 aromatic carbocycles. The normalized spacial score (nSPS) is 20.7. The molecule has 1 unspecified atom stereocenters. The predicted molar refractivity (Wildman–Crippen MR) is 59.0 cm³/mol. The zero-order valence-electron chi connectivity index (χ0n) is 9.30. The standard InChI is InChI=1S/C12H23NO/c1-10(9-13)7-12(14)8-11-5-3-2-4-6-11/h10-11H,2-9,13H2,1H3. The summed E-state index contributed by atoms with van der Waals surface area (Å²) >= 11 is 0. The molecule has 1 atom stereocenters. The largest absolute Gasteiger partial charge is 0.330 e. The van der Waals surface area contributed by atoms with E-state index in [1.54, 1.807) is 0 Å². The van der Waals surface area contributed by atoms with E-state index < -0.39 is 0 Å². The highest BCUT2D eigenvalue weighted by atomic mass is 16.1. The van der Waals surface area contributed by atoms with Crippen LogP contribution in [0.5, 0.6) is 0 Å². The molecule has 1 fully saturated rings. The zero-order chi connectivity index (χ0) is 10.4. The van der Waals surface area contributed by atoms with Gasteiger partial charge in [-0.1, -0.05) is 39.0 Å². The van der Waals surface area contributed by atoms with E-state index >= 15 is 0 Å². The molecule has 1 saturated carbocycles. The average molecular weight is 197 g/mol. The summed E-state index contributed by atoms with van der Waals surface area (Å²) in [6.07, 6.45) is 8.04. The molecule has 1 aliphatic rings. The lowest BCUT2D eigenvalue weighted by Crippen LogP contribution is -2.18. The Morgan fingerprint density at radius 2 is 2.00 bits per heavy atom. The summed E-state index contributed by atoms with van der Waals surface area (Å²) in [5, 5.41) is 0. The number of carbonyl (C=O) groups excluding carboxylic acids is 1. The quantitative estimate of drug-likeness (QED) is 0.736. The summed E-state index contributed by atoms with van der Waals surface area (Å²) in [7, 11) is 0. The van der Waals surface area contributed by atoms with Crippen LogP contribution in [0.2, 0.25) is 0 Å². The van der Waals surface area contributed by atoms with Crippen LogP contribution in [0.4, 0.5) is 0 Å². The van der Waals surface area contributed by atoms with Crippen LogP contribution in [-0.4, -0.2) is 12.3 Å². The van der Waals surface area contributed by atoms with E-state index in [1.807, 2.05) is 0 Å². The molecule has 1 rings (SSSR count). The van der Waals surface area contributed by atoms with Crippen LogP contribution in [0.3, 0.4) is 0 Å². The molecular formula is C12H23NO. The first-order valence-electron chi connectivity index (χ1n) is 5.94. The van der Waals surface area contributed by atoms with Gasteiger partial charge in [-0.3, -0.25) is 4.79 Å². The van der Waals surface area contributed by atoms with Crippen molar-refractivity contribution in [1.29, 1.82) is 0 Å². The second-order valence-electron chi connectivity index (χ2n) is 4.79. The molecule has 0 heterocycles. The SMILES string of the molecule is CC(CN)CC(=O)CC1CCCCC1. The van der Waals surface area contributed by atoms with Gasteiger partial charge >= 0.3 is 0 Å². The molecule has 0 radical (unpaired) electrons. The van der Waals surface area contributed by atoms with Gasteiger partial charge in [0.05, 0.1) is 0 Å². The first-order valence-corrected chi connectivity index (χ1v) is 5.94. The summed E-state index contributed by atoms with van der Waals surface area (Å²) in [5.41, 5.74) is 5.50. The van der Waals surface area contributed by atoms with E-state index in [0.29, 0.717) is 30.6 Å². The van der Waals surface area contributed by atoms with Crippen LogP contribution in [0, 0.1) is 11.8 Å². The number of rotatable bonds is 5. The van der Waals surface area contributed by atoms with Gasteiger partial charge in [0.15, 0.2) is 0 Å². The van der Waals surface area contributed by atoms with E-state index in [0.717, 1.165) is 6.42 Å². The van der Waals surface area contributed by atoms with Gasteiger partial charge in [0.2, 0.25) is 0 Å². The van der Waals surface area contributed by atoms with Crippen molar-refractivity contribution >= 4 is 5.78 Å². The Kier molecular flexibility index (Phi) is 5.16. The van der Waals surface area contributed by atoms with Gasteiger partial charge in [-0.05, 0) is 18.4 Å². The van der Waals surface area contributed by atoms with Crippen molar-refractivity contribution in [2.24, 2.45) is 17.6 Å². The number of hydrogen-bond acceptors (Lipinski definition) is 2. The van der Waals surface area contributed by atoms with Crippen molar-refractivity contribution in [3.63, 3.8) is 0 Å². The lowest BCUT2D eigenvalue weighted by atomic mass is 9.84. The molecule has 0 aromatic heterocycles. The maximum Gasteiger partial charge on any atom is 0.133 e. The van der Waals surface area contributed by atoms with Crippen molar-refractivity contribution < 1.29 is 4.79 Å². The van der Waals surface area contributed by atoms with Crippen molar-refractivity contribution in [3.8, 4) is 0 Å². The fourth-order valence-corrected chi connectivity index (χ4v) is 2.27. The fraction of sp³-hybridized carbons (Fsp3) is 0.917. The summed E-state index contributed by atoms with van der Waals surface area (Å²) in [6, 6.07) is 0. The number of ketones is 1. The number of nitrogens with two attached hydrogens (primary N) is 1. The minimum Gasteiger partial charge on any atom is -0.330 e. The van der Waals surface area contributed by atoms with Crippen molar-refractivity contribution in [2.75, 3.05) is 6.54 Å². The van der Waals surface area contributed by atoms with Crippen LogP contribution in [0.25, 0.3) is 0 Å². The molecule has 2 heteroatoms. The average Bonchev–Trinajstić information content (AvgIpc) is 2.19. The highest BCUT2D eigenvalue weighted by Crippen LogP contribution is 2.27. The molecular weight excluding hydrogens is 174 g/mol. The molecule has 82 valence electrons. The Labute approximate surface area is 87.2 Å². The summed E-state index contributed by atoms with van der Waals surface area (Å²) in [4.78, 5) is 11.6. The van der Waals surface area contributed by atoms with E-state index in [-0.39, 0.29) is 0 Å². The van der Waals surface area contributed by atoms with Gasteiger partial charge in [-0.2, -0.15) is 0 Å². The Hall–Kier alpha value is -0.370. The molecule has 2 N–H and O–H groups in total. The molecule has 0 amide bonds. The topological polar surface area (TPSA) is 43.1 Å². The minimum atomic E-state index is 0.367. The fourth-order valence-electron chi connectivity index (χ4n) is 2.27. The maximum atomic E-state index is 11.6. The predicted octanol–water partition coefficient (Wildman–Crippen LogP) is 2.51. The molecule has 0 bridgehead atoms. The smallest absolute Gasteiger partial charge is 0.133 e. The Morgan fingerprint density at radius 3 is 2.57 bits per heavy atom. The lowest BCUT2D eigenvalue weighted by Gasteiger charge is -2.21. The van der Waals surface area contributed by atoms with Crippen molar-refractivity contribution in [1.82, 2.24) is 0 Å². The van der Waals surface area contributed by atoms with Gasteiger partial charge in [0.1, 0.15) is 5.78 Å². The Bertz CT molecular complexity index is 173.